The van der Waals surface area contributed by atoms with Crippen LogP contribution in [0.4, 0.5) is 5.88 Å². The average Bonchev–Trinajstić information content (AvgIpc) is 3.28. The van der Waals surface area contributed by atoms with Gasteiger partial charge in [-0.25, -0.2) is 0 Å². The molecule has 0 aliphatic carbocycles. The number of hydrogen-bond acceptors (Lipinski definition) is 5. The third-order valence-electron chi connectivity index (χ3n) is 4.82. The fourth-order valence-electron chi connectivity index (χ4n) is 3.30. The molecule has 1 aromatic carbocycles. The molecule has 0 aliphatic rings. The third kappa shape index (κ3) is 4.43. The lowest BCUT2D eigenvalue weighted by Crippen LogP contribution is -2.21. The van der Waals surface area contributed by atoms with Gasteiger partial charge in [-0.2, -0.15) is 0 Å². The first-order valence-corrected chi connectivity index (χ1v) is 10.3. The van der Waals surface area contributed by atoms with Crippen LogP contribution in [0, 0.1) is 6.92 Å². The molecule has 4 aromatic rings. The number of hydrogen-bond donors (Lipinski definition) is 1. The van der Waals surface area contributed by atoms with Crippen LogP contribution in [0.25, 0.3) is 16.8 Å². The molecule has 4 rings (SSSR count). The largest absolute Gasteiger partial charge is 0.488 e. The standard InChI is InChI=1S/C24H20ClN3O4/c1-3-31-21-11-17(20-13-26-7-6-15(20)2)14-28(24(21)30)19-10-16(9-18(25)12-19)23(29)27-22-5-4-8-32-22/h4-14H,3H2,1-2H3,(H,27,29). The average molecular weight is 450 g/mol. The number of halogens is 1. The number of carbonyl (C=O) groups is 1. The molecule has 1 amide bonds. The van der Waals surface area contributed by atoms with Gasteiger partial charge in [-0.3, -0.25) is 24.5 Å². The predicted molar refractivity (Wildman–Crippen MR) is 123 cm³/mol. The topological polar surface area (TPSA) is 86.4 Å². The monoisotopic (exact) mass is 449 g/mol. The van der Waals surface area contributed by atoms with Crippen molar-refractivity contribution in [2.75, 3.05) is 11.9 Å². The van der Waals surface area contributed by atoms with Gasteiger partial charge in [0.15, 0.2) is 11.6 Å². The van der Waals surface area contributed by atoms with Crippen molar-refractivity contribution in [3.63, 3.8) is 0 Å². The number of anilines is 1. The number of carbonyl (C=O) groups excluding carboxylic acids is 1. The molecule has 1 N–H and O–H groups in total. The highest BCUT2D eigenvalue weighted by molar-refractivity contribution is 6.31. The third-order valence-corrected chi connectivity index (χ3v) is 5.03. The quantitative estimate of drug-likeness (QED) is 0.442. The van der Waals surface area contributed by atoms with Crippen molar-refractivity contribution in [2.24, 2.45) is 0 Å². The van der Waals surface area contributed by atoms with Gasteiger partial charge in [0.25, 0.3) is 11.5 Å². The zero-order valence-electron chi connectivity index (χ0n) is 17.5. The molecule has 0 saturated heterocycles. The Morgan fingerprint density at radius 1 is 1.25 bits per heavy atom. The molecule has 0 saturated carbocycles. The van der Waals surface area contributed by atoms with Gasteiger partial charge in [-0.05, 0) is 55.8 Å². The van der Waals surface area contributed by atoms with E-state index >= 15 is 0 Å². The van der Waals surface area contributed by atoms with E-state index < -0.39 is 5.91 Å². The van der Waals surface area contributed by atoms with Gasteiger partial charge in [-0.1, -0.05) is 11.6 Å². The van der Waals surface area contributed by atoms with Crippen LogP contribution in [0.3, 0.4) is 0 Å². The molecule has 7 nitrogen and oxygen atoms in total. The van der Waals surface area contributed by atoms with E-state index in [9.17, 15) is 9.59 Å². The minimum atomic E-state index is -0.416. The predicted octanol–water partition coefficient (Wildman–Crippen LogP) is 5.11. The minimum Gasteiger partial charge on any atom is -0.488 e. The second-order valence-electron chi connectivity index (χ2n) is 7.02. The second kappa shape index (κ2) is 9.11. The lowest BCUT2D eigenvalue weighted by Gasteiger charge is -2.14. The van der Waals surface area contributed by atoms with Gasteiger partial charge in [-0.15, -0.1) is 0 Å². The van der Waals surface area contributed by atoms with E-state index in [1.807, 2.05) is 19.9 Å². The number of rotatable bonds is 6. The Labute approximate surface area is 189 Å². The Kier molecular flexibility index (Phi) is 6.09. The Balaban J connectivity index is 1.83. The zero-order chi connectivity index (χ0) is 22.7. The molecule has 0 aliphatic heterocycles. The van der Waals surface area contributed by atoms with Gasteiger partial charge >= 0.3 is 0 Å². The number of nitrogens with one attached hydrogen (secondary N) is 1. The van der Waals surface area contributed by atoms with Gasteiger partial charge in [0.2, 0.25) is 0 Å². The summed E-state index contributed by atoms with van der Waals surface area (Å²) in [6, 6.07) is 11.6. The summed E-state index contributed by atoms with van der Waals surface area (Å²) in [7, 11) is 0. The molecular formula is C24H20ClN3O4. The number of aromatic nitrogens is 2. The number of ether oxygens (including phenoxy) is 1. The molecule has 3 aromatic heterocycles. The summed E-state index contributed by atoms with van der Waals surface area (Å²) in [5.41, 5.74) is 2.95. The summed E-state index contributed by atoms with van der Waals surface area (Å²) in [5, 5.41) is 2.96. The van der Waals surface area contributed by atoms with Crippen molar-refractivity contribution in [3.8, 4) is 22.6 Å². The zero-order valence-corrected chi connectivity index (χ0v) is 18.2. The lowest BCUT2D eigenvalue weighted by atomic mass is 10.0. The van der Waals surface area contributed by atoms with Crippen LogP contribution >= 0.6 is 11.6 Å². The Morgan fingerprint density at radius 2 is 2.09 bits per heavy atom. The number of pyridine rings is 2. The van der Waals surface area contributed by atoms with Crippen molar-refractivity contribution in [1.29, 1.82) is 0 Å². The smallest absolute Gasteiger partial charge is 0.297 e. The van der Waals surface area contributed by atoms with Crippen LogP contribution in [-0.4, -0.2) is 22.1 Å². The molecule has 0 fully saturated rings. The van der Waals surface area contributed by atoms with E-state index in [4.69, 9.17) is 20.8 Å². The first-order chi connectivity index (χ1) is 15.5. The maximum atomic E-state index is 13.1. The van der Waals surface area contributed by atoms with Crippen LogP contribution in [0.15, 0.2) is 76.5 Å². The molecule has 32 heavy (non-hydrogen) atoms. The molecule has 3 heterocycles. The highest BCUT2D eigenvalue weighted by Gasteiger charge is 2.15. The normalized spacial score (nSPS) is 10.7. The van der Waals surface area contributed by atoms with E-state index in [-0.39, 0.29) is 16.9 Å². The summed E-state index contributed by atoms with van der Waals surface area (Å²) in [6.07, 6.45) is 6.59. The van der Waals surface area contributed by atoms with Crippen molar-refractivity contribution in [2.45, 2.75) is 13.8 Å². The fourth-order valence-corrected chi connectivity index (χ4v) is 3.53. The van der Waals surface area contributed by atoms with Crippen LogP contribution in [0.5, 0.6) is 5.75 Å². The van der Waals surface area contributed by atoms with E-state index in [0.29, 0.717) is 23.2 Å². The van der Waals surface area contributed by atoms with Gasteiger partial charge in [0.1, 0.15) is 0 Å². The summed E-state index contributed by atoms with van der Waals surface area (Å²) in [4.78, 5) is 30.0. The number of aryl methyl sites for hydroxylation is 1. The van der Waals surface area contributed by atoms with Crippen molar-refractivity contribution < 1.29 is 13.9 Å². The lowest BCUT2D eigenvalue weighted by molar-refractivity contribution is 0.102. The number of benzene rings is 1. The van der Waals surface area contributed by atoms with E-state index in [1.54, 1.807) is 48.9 Å². The molecule has 162 valence electrons. The summed E-state index contributed by atoms with van der Waals surface area (Å²) < 4.78 is 12.2. The summed E-state index contributed by atoms with van der Waals surface area (Å²) >= 11 is 6.30. The van der Waals surface area contributed by atoms with Crippen molar-refractivity contribution in [3.05, 3.63) is 93.8 Å². The fraction of sp³-hybridized carbons (Fsp3) is 0.125. The molecule has 0 unspecified atom stereocenters. The van der Waals surface area contributed by atoms with Gasteiger partial charge in [0, 0.05) is 46.4 Å². The molecule has 0 radical (unpaired) electrons. The number of furan rings is 1. The SMILES string of the molecule is CCOc1cc(-c2cnccc2C)cn(-c2cc(Cl)cc(C(=O)Nc3ccco3)c2)c1=O. The van der Waals surface area contributed by atoms with E-state index in [0.717, 1.165) is 16.7 Å². The van der Waals surface area contributed by atoms with Crippen molar-refractivity contribution in [1.82, 2.24) is 9.55 Å². The van der Waals surface area contributed by atoms with Gasteiger partial charge in [0.05, 0.1) is 18.6 Å². The first-order valence-electron chi connectivity index (χ1n) is 9.92. The molecule has 0 atom stereocenters. The van der Waals surface area contributed by atoms with Gasteiger partial charge < -0.3 is 9.15 Å². The molecule has 0 spiro atoms. The van der Waals surface area contributed by atoms with E-state index in [1.165, 1.54) is 16.9 Å². The van der Waals surface area contributed by atoms with Crippen molar-refractivity contribution >= 4 is 23.4 Å². The maximum absolute atomic E-state index is 13.1. The highest BCUT2D eigenvalue weighted by Crippen LogP contribution is 2.26. The van der Waals surface area contributed by atoms with Crippen LogP contribution in [0.2, 0.25) is 5.02 Å². The molecular weight excluding hydrogens is 430 g/mol. The summed E-state index contributed by atoms with van der Waals surface area (Å²) in [5.74, 6) is 0.0808. The van der Waals surface area contributed by atoms with Crippen LogP contribution in [-0.2, 0) is 0 Å². The van der Waals surface area contributed by atoms with E-state index in [2.05, 4.69) is 10.3 Å². The molecule has 8 heteroatoms. The van der Waals surface area contributed by atoms with Crippen LogP contribution < -0.4 is 15.6 Å². The Morgan fingerprint density at radius 3 is 2.81 bits per heavy atom. The Bertz CT molecular complexity index is 1330. The molecule has 0 bridgehead atoms. The first kappa shape index (κ1) is 21.4. The highest BCUT2D eigenvalue weighted by atomic mass is 35.5. The van der Waals surface area contributed by atoms with Crippen LogP contribution in [0.1, 0.15) is 22.8 Å². The Hall–Kier alpha value is -3.84. The second-order valence-corrected chi connectivity index (χ2v) is 7.46. The number of amides is 1. The summed E-state index contributed by atoms with van der Waals surface area (Å²) in [6.45, 7) is 4.10. The number of nitrogens with zero attached hydrogens (tertiary/aromatic N) is 2. The maximum Gasteiger partial charge on any atom is 0.297 e. The minimum absolute atomic E-state index is 0.190.